The van der Waals surface area contributed by atoms with Crippen molar-refractivity contribution in [1.82, 2.24) is 15.5 Å². The average molecular weight is 298 g/mol. The van der Waals surface area contributed by atoms with Crippen LogP contribution in [0.25, 0.3) is 0 Å². The maximum absolute atomic E-state index is 11.9. The van der Waals surface area contributed by atoms with Crippen molar-refractivity contribution in [1.29, 1.82) is 0 Å². The third-order valence-electron chi connectivity index (χ3n) is 2.67. The molecule has 0 aliphatic rings. The second-order valence-corrected chi connectivity index (χ2v) is 6.23. The molecule has 0 aliphatic heterocycles. The van der Waals surface area contributed by atoms with E-state index in [0.29, 0.717) is 18.0 Å². The van der Waals surface area contributed by atoms with Gasteiger partial charge in [-0.2, -0.15) is 0 Å². The predicted octanol–water partition coefficient (Wildman–Crippen LogP) is 1.19. The Hall–Kier alpha value is -1.50. The number of carbonyl (C=O) groups excluding carboxylic acids is 1. The molecule has 6 nitrogen and oxygen atoms in total. The Bertz CT molecular complexity index is 450. The topological polar surface area (TPSA) is 84.0 Å². The Balaban J connectivity index is 2.48. The Labute approximate surface area is 122 Å². The molecule has 2 N–H and O–H groups in total. The molecule has 1 rings (SSSR count). The van der Waals surface area contributed by atoms with Crippen LogP contribution in [0.1, 0.15) is 37.2 Å². The molecule has 2 atom stereocenters. The lowest BCUT2D eigenvalue weighted by Gasteiger charge is -2.12. The summed E-state index contributed by atoms with van der Waals surface area (Å²) in [6.45, 7) is 4.77. The molecule has 0 spiro atoms. The van der Waals surface area contributed by atoms with Crippen LogP contribution in [0.4, 0.5) is 5.82 Å². The summed E-state index contributed by atoms with van der Waals surface area (Å²) >= 11 is 0. The summed E-state index contributed by atoms with van der Waals surface area (Å²) in [7, 11) is -0.839. The zero-order chi connectivity index (χ0) is 15.0. The first-order valence-corrected chi connectivity index (χ1v) is 8.44. The Morgan fingerprint density at radius 1 is 1.40 bits per heavy atom. The zero-order valence-corrected chi connectivity index (χ0v) is 13.0. The predicted molar refractivity (Wildman–Crippen MR) is 81.3 cm³/mol. The van der Waals surface area contributed by atoms with Crippen LogP contribution in [0, 0.1) is 0 Å². The minimum absolute atomic E-state index is 0.0360. The maximum atomic E-state index is 11.9. The van der Waals surface area contributed by atoms with Crippen LogP contribution in [0.15, 0.2) is 12.1 Å². The van der Waals surface area contributed by atoms with E-state index in [4.69, 9.17) is 0 Å². The Kier molecular flexibility index (Phi) is 7.14. The van der Waals surface area contributed by atoms with Crippen LogP contribution in [0.3, 0.4) is 0 Å². The molecule has 2 unspecified atom stereocenters. The highest BCUT2D eigenvalue weighted by Gasteiger charge is 2.12. The largest absolute Gasteiger partial charge is 0.369 e. The van der Waals surface area contributed by atoms with Crippen LogP contribution in [-0.2, 0) is 10.8 Å². The molecule has 0 saturated carbocycles. The van der Waals surface area contributed by atoms with Gasteiger partial charge in [-0.1, -0.05) is 6.92 Å². The molecule has 1 aromatic heterocycles. The second kappa shape index (κ2) is 8.63. The minimum Gasteiger partial charge on any atom is -0.369 e. The number of anilines is 1. The van der Waals surface area contributed by atoms with Gasteiger partial charge in [0, 0.05) is 35.4 Å². The van der Waals surface area contributed by atoms with Gasteiger partial charge in [-0.3, -0.25) is 9.00 Å². The Morgan fingerprint density at radius 2 is 2.15 bits per heavy atom. The molecule has 0 bridgehead atoms. The summed E-state index contributed by atoms with van der Waals surface area (Å²) in [6.07, 6.45) is 3.33. The van der Waals surface area contributed by atoms with E-state index in [9.17, 15) is 9.00 Å². The number of nitrogens with zero attached hydrogens (tertiary/aromatic N) is 2. The first-order valence-electron chi connectivity index (χ1n) is 6.71. The van der Waals surface area contributed by atoms with Crippen LogP contribution in [0.2, 0.25) is 0 Å². The summed E-state index contributed by atoms with van der Waals surface area (Å²) in [5.74, 6) is 0.985. The fourth-order valence-electron chi connectivity index (χ4n) is 1.51. The lowest BCUT2D eigenvalue weighted by atomic mass is 10.2. The van der Waals surface area contributed by atoms with E-state index in [1.54, 1.807) is 18.4 Å². The molecule has 20 heavy (non-hydrogen) atoms. The second-order valence-electron chi connectivity index (χ2n) is 4.67. The molecular formula is C13H22N4O2S. The quantitative estimate of drug-likeness (QED) is 0.753. The number of amides is 1. The van der Waals surface area contributed by atoms with E-state index in [0.717, 1.165) is 13.0 Å². The summed E-state index contributed by atoms with van der Waals surface area (Å²) in [5.41, 5.74) is 0.288. The molecule has 0 fully saturated rings. The van der Waals surface area contributed by atoms with E-state index in [1.807, 2.05) is 6.92 Å². The monoisotopic (exact) mass is 298 g/mol. The van der Waals surface area contributed by atoms with Crippen LogP contribution < -0.4 is 10.6 Å². The van der Waals surface area contributed by atoms with Crippen LogP contribution in [-0.4, -0.2) is 44.9 Å². The normalized spacial score (nSPS) is 13.6. The smallest absolute Gasteiger partial charge is 0.272 e. The van der Waals surface area contributed by atoms with Crippen LogP contribution >= 0.6 is 0 Å². The van der Waals surface area contributed by atoms with Gasteiger partial charge in [-0.15, -0.1) is 10.2 Å². The molecule has 7 heteroatoms. The fourth-order valence-corrected chi connectivity index (χ4v) is 2.20. The van der Waals surface area contributed by atoms with Gasteiger partial charge in [-0.05, 0) is 31.9 Å². The highest BCUT2D eigenvalue weighted by Crippen LogP contribution is 2.03. The third-order valence-corrected chi connectivity index (χ3v) is 3.48. The van der Waals surface area contributed by atoms with Gasteiger partial charge in [0.25, 0.3) is 5.91 Å². The van der Waals surface area contributed by atoms with Crippen molar-refractivity contribution < 1.29 is 9.00 Å². The highest BCUT2D eigenvalue weighted by atomic mass is 32.2. The minimum atomic E-state index is -0.839. The van der Waals surface area contributed by atoms with Gasteiger partial charge in [0.2, 0.25) is 0 Å². The number of carbonyl (C=O) groups is 1. The first-order chi connectivity index (χ1) is 9.52. The van der Waals surface area contributed by atoms with Gasteiger partial charge >= 0.3 is 0 Å². The number of hydrogen-bond donors (Lipinski definition) is 2. The van der Waals surface area contributed by atoms with Crippen molar-refractivity contribution >= 4 is 22.5 Å². The molecule has 0 radical (unpaired) electrons. The fraction of sp³-hybridized carbons (Fsp3) is 0.615. The number of aromatic nitrogens is 2. The molecule has 0 saturated heterocycles. The van der Waals surface area contributed by atoms with Crippen LogP contribution in [0.5, 0.6) is 0 Å². The first kappa shape index (κ1) is 16.6. The Morgan fingerprint density at radius 3 is 2.70 bits per heavy atom. The lowest BCUT2D eigenvalue weighted by molar-refractivity contribution is 0.0933. The van der Waals surface area contributed by atoms with E-state index in [1.165, 1.54) is 0 Å². The average Bonchev–Trinajstić information content (AvgIpc) is 2.43. The molecule has 1 amide bonds. The van der Waals surface area contributed by atoms with Crippen molar-refractivity contribution in [2.45, 2.75) is 32.7 Å². The maximum Gasteiger partial charge on any atom is 0.272 e. The molecule has 1 heterocycles. The molecule has 0 aromatic carbocycles. The standard InChI is InChI=1S/C13H22N4O2S/c1-4-8-14-12-6-5-11(16-17-12)13(18)15-10(2)7-9-20(3)19/h5-6,10H,4,7-9H2,1-3H3,(H,14,17)(H,15,18). The van der Waals surface area contributed by atoms with Crippen molar-refractivity contribution in [2.24, 2.45) is 0 Å². The molecule has 0 aliphatic carbocycles. The van der Waals surface area contributed by atoms with E-state index in [-0.39, 0.29) is 17.6 Å². The summed E-state index contributed by atoms with van der Waals surface area (Å²) < 4.78 is 11.0. The van der Waals surface area contributed by atoms with E-state index >= 15 is 0 Å². The van der Waals surface area contributed by atoms with E-state index in [2.05, 4.69) is 27.8 Å². The SMILES string of the molecule is CCCNc1ccc(C(=O)NC(C)CCS(C)=O)nn1. The van der Waals surface area contributed by atoms with Crippen molar-refractivity contribution in [2.75, 3.05) is 23.9 Å². The summed E-state index contributed by atoms with van der Waals surface area (Å²) in [6, 6.07) is 3.35. The number of nitrogens with one attached hydrogen (secondary N) is 2. The third kappa shape index (κ3) is 6.10. The number of rotatable bonds is 8. The molecule has 112 valence electrons. The highest BCUT2D eigenvalue weighted by molar-refractivity contribution is 7.84. The van der Waals surface area contributed by atoms with Gasteiger partial charge < -0.3 is 10.6 Å². The lowest BCUT2D eigenvalue weighted by Crippen LogP contribution is -2.34. The summed E-state index contributed by atoms with van der Waals surface area (Å²) in [5, 5.41) is 13.8. The van der Waals surface area contributed by atoms with E-state index < -0.39 is 10.8 Å². The van der Waals surface area contributed by atoms with Gasteiger partial charge in [-0.25, -0.2) is 0 Å². The van der Waals surface area contributed by atoms with Crippen molar-refractivity contribution in [3.8, 4) is 0 Å². The van der Waals surface area contributed by atoms with Gasteiger partial charge in [0.1, 0.15) is 5.82 Å². The van der Waals surface area contributed by atoms with Gasteiger partial charge in [0.05, 0.1) is 0 Å². The zero-order valence-electron chi connectivity index (χ0n) is 12.2. The molecular weight excluding hydrogens is 276 g/mol. The van der Waals surface area contributed by atoms with Crippen molar-refractivity contribution in [3.63, 3.8) is 0 Å². The summed E-state index contributed by atoms with van der Waals surface area (Å²) in [4.78, 5) is 11.9. The number of hydrogen-bond acceptors (Lipinski definition) is 5. The van der Waals surface area contributed by atoms with Gasteiger partial charge in [0.15, 0.2) is 5.69 Å². The molecule has 1 aromatic rings. The van der Waals surface area contributed by atoms with Crippen molar-refractivity contribution in [3.05, 3.63) is 17.8 Å².